The van der Waals surface area contributed by atoms with Crippen LogP contribution in [0.5, 0.6) is 11.5 Å². The van der Waals surface area contributed by atoms with E-state index >= 15 is 0 Å². The minimum atomic E-state index is -0.162. The number of anilines is 2. The summed E-state index contributed by atoms with van der Waals surface area (Å²) >= 11 is 0. The fraction of sp³-hybridized carbons (Fsp3) is 0.419. The van der Waals surface area contributed by atoms with Gasteiger partial charge in [0.15, 0.2) is 0 Å². The first kappa shape index (κ1) is 28.3. The van der Waals surface area contributed by atoms with Gasteiger partial charge in [-0.25, -0.2) is 9.97 Å². The number of nitrogens with zero attached hydrogens (tertiary/aromatic N) is 4. The van der Waals surface area contributed by atoms with Crippen LogP contribution in [0.15, 0.2) is 48.7 Å². The highest BCUT2D eigenvalue weighted by atomic mass is 16.5. The third-order valence-electron chi connectivity index (χ3n) is 7.65. The Kier molecular flexibility index (Phi) is 9.29. The van der Waals surface area contributed by atoms with Crippen LogP contribution in [0.2, 0.25) is 0 Å². The summed E-state index contributed by atoms with van der Waals surface area (Å²) in [6.45, 7) is 3.07. The van der Waals surface area contributed by atoms with Gasteiger partial charge in [-0.3, -0.25) is 4.79 Å². The first-order valence-corrected chi connectivity index (χ1v) is 14.1. The topological polar surface area (TPSA) is 122 Å². The molecule has 3 heterocycles. The number of hydrogen-bond donors (Lipinski definition) is 2. The summed E-state index contributed by atoms with van der Waals surface area (Å²) in [5.41, 5.74) is 3.05. The number of likely N-dealkylation sites (tertiary alicyclic amines) is 1. The van der Waals surface area contributed by atoms with E-state index < -0.39 is 0 Å². The highest BCUT2D eigenvalue weighted by molar-refractivity contribution is 5.97. The van der Waals surface area contributed by atoms with Crippen molar-refractivity contribution in [2.45, 2.75) is 44.2 Å². The van der Waals surface area contributed by atoms with Crippen molar-refractivity contribution in [1.82, 2.24) is 20.2 Å². The summed E-state index contributed by atoms with van der Waals surface area (Å²) in [6.07, 6.45) is 6.64. The van der Waals surface area contributed by atoms with Crippen molar-refractivity contribution < 1.29 is 19.0 Å². The van der Waals surface area contributed by atoms with Gasteiger partial charge in [0.2, 0.25) is 5.95 Å². The quantitative estimate of drug-likeness (QED) is 0.371. The van der Waals surface area contributed by atoms with Crippen molar-refractivity contribution in [3.63, 3.8) is 0 Å². The number of amides is 1. The number of carbonyl (C=O) groups excluding carboxylic acids is 1. The summed E-state index contributed by atoms with van der Waals surface area (Å²) in [4.78, 5) is 24.2. The third kappa shape index (κ3) is 7.12. The van der Waals surface area contributed by atoms with Gasteiger partial charge in [0.25, 0.3) is 5.91 Å². The normalized spacial score (nSPS) is 17.5. The highest BCUT2D eigenvalue weighted by Crippen LogP contribution is 2.29. The van der Waals surface area contributed by atoms with Crippen LogP contribution in [0.1, 0.15) is 48.0 Å². The molecular weight excluding hydrogens is 520 g/mol. The molecule has 2 saturated heterocycles. The number of hydrogen-bond acceptors (Lipinski definition) is 9. The Morgan fingerprint density at radius 2 is 2.00 bits per heavy atom. The molecule has 10 nitrogen and oxygen atoms in total. The van der Waals surface area contributed by atoms with Crippen LogP contribution in [0.25, 0.3) is 11.3 Å². The smallest absolute Gasteiger partial charge is 0.255 e. The van der Waals surface area contributed by atoms with E-state index in [2.05, 4.69) is 38.6 Å². The zero-order chi connectivity index (χ0) is 28.6. The molecule has 3 aromatic rings. The van der Waals surface area contributed by atoms with Crippen LogP contribution >= 0.6 is 0 Å². The van der Waals surface area contributed by atoms with Crippen LogP contribution in [0.4, 0.5) is 11.6 Å². The number of ether oxygens (including phenoxy) is 3. The second-order valence-electron chi connectivity index (χ2n) is 10.4. The van der Waals surface area contributed by atoms with Crippen LogP contribution in [-0.2, 0) is 4.74 Å². The maximum absolute atomic E-state index is 12.9. The van der Waals surface area contributed by atoms with E-state index in [-0.39, 0.29) is 12.0 Å². The summed E-state index contributed by atoms with van der Waals surface area (Å²) in [6, 6.07) is 15.3. The second-order valence-corrected chi connectivity index (χ2v) is 10.4. The minimum absolute atomic E-state index is 0.0462. The molecule has 1 aromatic heterocycles. The van der Waals surface area contributed by atoms with Crippen molar-refractivity contribution >= 4 is 17.5 Å². The van der Waals surface area contributed by atoms with E-state index in [1.54, 1.807) is 43.6 Å². The van der Waals surface area contributed by atoms with E-state index in [1.165, 1.54) is 12.8 Å². The molecule has 10 heteroatoms. The number of carbonyl (C=O) groups is 1. The standard InChI is InChI=1S/C31H36N6O4/c1-37-15-3-4-24(37)9-13-33-30(38)26-7-6-23(19-29(26)39-2)35-31-34-14-10-27(36-31)21-5-8-28(22(18-21)20-32)41-25-11-16-40-17-12-25/h5-8,10,14,18-19,24-25H,3-4,9,11-13,15-17H2,1-2H3,(H,33,38)(H,34,35,36). The monoisotopic (exact) mass is 556 g/mol. The molecule has 2 aliphatic rings. The molecule has 1 atom stereocenters. The molecule has 2 N–H and O–H groups in total. The Labute approximate surface area is 240 Å². The lowest BCUT2D eigenvalue weighted by Crippen LogP contribution is -2.31. The molecule has 2 aromatic carbocycles. The lowest BCUT2D eigenvalue weighted by molar-refractivity contribution is 0.0254. The maximum atomic E-state index is 12.9. The summed E-state index contributed by atoms with van der Waals surface area (Å²) < 4.78 is 17.0. The molecule has 41 heavy (non-hydrogen) atoms. The molecular formula is C31H36N6O4. The fourth-order valence-electron chi connectivity index (χ4n) is 5.31. The molecule has 0 radical (unpaired) electrons. The molecule has 0 saturated carbocycles. The summed E-state index contributed by atoms with van der Waals surface area (Å²) in [5.74, 6) is 1.24. The number of rotatable bonds is 10. The van der Waals surface area contributed by atoms with Gasteiger partial charge in [-0.2, -0.15) is 5.26 Å². The van der Waals surface area contributed by atoms with Gasteiger partial charge in [-0.15, -0.1) is 0 Å². The van der Waals surface area contributed by atoms with Crippen LogP contribution < -0.4 is 20.1 Å². The predicted octanol–water partition coefficient (Wildman–Crippen LogP) is 4.54. The van der Waals surface area contributed by atoms with E-state index in [4.69, 9.17) is 14.2 Å². The molecule has 0 spiro atoms. The number of benzene rings is 2. The third-order valence-corrected chi connectivity index (χ3v) is 7.65. The first-order chi connectivity index (χ1) is 20.0. The predicted molar refractivity (Wildman–Crippen MR) is 156 cm³/mol. The van der Waals surface area contributed by atoms with E-state index in [1.807, 2.05) is 12.1 Å². The molecule has 214 valence electrons. The summed E-state index contributed by atoms with van der Waals surface area (Å²) in [7, 11) is 3.68. The van der Waals surface area contributed by atoms with Gasteiger partial charge < -0.3 is 29.7 Å². The van der Waals surface area contributed by atoms with Crippen LogP contribution in [0, 0.1) is 11.3 Å². The number of aromatic nitrogens is 2. The zero-order valence-corrected chi connectivity index (χ0v) is 23.6. The molecule has 1 unspecified atom stereocenters. The van der Waals surface area contributed by atoms with E-state index in [9.17, 15) is 10.1 Å². The Morgan fingerprint density at radius 1 is 1.15 bits per heavy atom. The maximum Gasteiger partial charge on any atom is 0.255 e. The lowest BCUT2D eigenvalue weighted by Gasteiger charge is -2.23. The summed E-state index contributed by atoms with van der Waals surface area (Å²) in [5, 5.41) is 16.0. The van der Waals surface area contributed by atoms with Crippen molar-refractivity contribution in [3.05, 3.63) is 59.8 Å². The van der Waals surface area contributed by atoms with Crippen molar-refractivity contribution in [2.75, 3.05) is 45.8 Å². The van der Waals surface area contributed by atoms with E-state index in [0.717, 1.165) is 31.4 Å². The molecule has 0 bridgehead atoms. The van der Waals surface area contributed by atoms with Crippen LogP contribution in [-0.4, -0.2) is 73.4 Å². The first-order valence-electron chi connectivity index (χ1n) is 14.1. The number of nitriles is 1. The van der Waals surface area contributed by atoms with Crippen molar-refractivity contribution in [3.8, 4) is 28.8 Å². The Hall–Kier alpha value is -4.20. The molecule has 5 rings (SSSR count). The minimum Gasteiger partial charge on any atom is -0.496 e. The lowest BCUT2D eigenvalue weighted by atomic mass is 10.1. The Bertz CT molecular complexity index is 1400. The number of methoxy groups -OCH3 is 1. The van der Waals surface area contributed by atoms with Gasteiger partial charge in [0.05, 0.1) is 37.1 Å². The largest absolute Gasteiger partial charge is 0.496 e. The average Bonchev–Trinajstić information content (AvgIpc) is 3.42. The fourth-order valence-corrected chi connectivity index (χ4v) is 5.31. The van der Waals surface area contributed by atoms with Crippen molar-refractivity contribution in [1.29, 1.82) is 5.26 Å². The van der Waals surface area contributed by atoms with Gasteiger partial charge in [0.1, 0.15) is 23.7 Å². The average molecular weight is 557 g/mol. The van der Waals surface area contributed by atoms with Gasteiger partial charge in [-0.05, 0) is 69.3 Å². The van der Waals surface area contributed by atoms with Gasteiger partial charge >= 0.3 is 0 Å². The molecule has 2 fully saturated rings. The molecule has 2 aliphatic heterocycles. The van der Waals surface area contributed by atoms with Gasteiger partial charge in [-0.1, -0.05) is 0 Å². The Morgan fingerprint density at radius 3 is 2.76 bits per heavy atom. The SMILES string of the molecule is COc1cc(Nc2nccc(-c3ccc(OC4CCOCC4)c(C#N)c3)n2)ccc1C(=O)NCCC1CCCN1C. The highest BCUT2D eigenvalue weighted by Gasteiger charge is 2.21. The Balaban J connectivity index is 1.24. The number of nitrogens with one attached hydrogen (secondary N) is 2. The van der Waals surface area contributed by atoms with Gasteiger partial charge in [0, 0.05) is 48.9 Å². The van der Waals surface area contributed by atoms with Crippen LogP contribution in [0.3, 0.4) is 0 Å². The molecule has 0 aliphatic carbocycles. The molecule has 1 amide bonds. The second kappa shape index (κ2) is 13.4. The zero-order valence-electron chi connectivity index (χ0n) is 23.6. The van der Waals surface area contributed by atoms with Crippen molar-refractivity contribution in [2.24, 2.45) is 0 Å². The van der Waals surface area contributed by atoms with E-state index in [0.29, 0.717) is 65.8 Å².